The highest BCUT2D eigenvalue weighted by molar-refractivity contribution is 5.94. The van der Waals surface area contributed by atoms with Gasteiger partial charge in [0.05, 0.1) is 12.8 Å². The van der Waals surface area contributed by atoms with Gasteiger partial charge in [-0.05, 0) is 56.9 Å². The van der Waals surface area contributed by atoms with E-state index in [1.54, 1.807) is 6.92 Å². The maximum Gasteiger partial charge on any atom is 0.358 e. The van der Waals surface area contributed by atoms with Crippen molar-refractivity contribution in [2.45, 2.75) is 65.3 Å². The quantitative estimate of drug-likeness (QED) is 0.472. The van der Waals surface area contributed by atoms with Crippen molar-refractivity contribution >= 4 is 17.4 Å². The lowest BCUT2D eigenvalue weighted by Gasteiger charge is -2.19. The van der Waals surface area contributed by atoms with E-state index < -0.39 is 11.5 Å². The molecule has 0 spiro atoms. The molecule has 8 nitrogen and oxygen atoms in total. The molecule has 4 rings (SSSR count). The third kappa shape index (κ3) is 4.69. The largest absolute Gasteiger partial charge is 0.461 e. The van der Waals surface area contributed by atoms with Crippen LogP contribution in [0.25, 0.3) is 11.2 Å². The zero-order chi connectivity index (χ0) is 23.5. The lowest BCUT2D eigenvalue weighted by atomic mass is 10.1. The summed E-state index contributed by atoms with van der Waals surface area (Å²) in [5, 5.41) is 7.33. The second kappa shape index (κ2) is 9.60. The van der Waals surface area contributed by atoms with E-state index in [2.05, 4.69) is 10.4 Å². The zero-order valence-electron chi connectivity index (χ0n) is 19.4. The van der Waals surface area contributed by atoms with Gasteiger partial charge in [0.1, 0.15) is 11.2 Å². The fourth-order valence-electron chi connectivity index (χ4n) is 4.32. The lowest BCUT2D eigenvalue weighted by molar-refractivity contribution is 0.0519. The number of hydrogen-bond acceptors (Lipinski definition) is 5. The first-order valence-corrected chi connectivity index (χ1v) is 11.6. The first-order valence-electron chi connectivity index (χ1n) is 11.6. The fraction of sp³-hybridized carbons (Fsp3) is 0.440. The van der Waals surface area contributed by atoms with E-state index in [1.807, 2.05) is 32.0 Å². The first kappa shape index (κ1) is 22.8. The number of aromatic nitrogens is 3. The summed E-state index contributed by atoms with van der Waals surface area (Å²) < 4.78 is 7.74. The van der Waals surface area contributed by atoms with Crippen LogP contribution in [0.15, 0.2) is 35.3 Å². The summed E-state index contributed by atoms with van der Waals surface area (Å²) in [5.41, 5.74) is 2.68. The summed E-state index contributed by atoms with van der Waals surface area (Å²) in [6.45, 7) is 5.86. The van der Waals surface area contributed by atoms with Crippen LogP contribution in [-0.4, -0.2) is 38.7 Å². The Morgan fingerprint density at radius 1 is 1.09 bits per heavy atom. The van der Waals surface area contributed by atoms with E-state index in [9.17, 15) is 14.4 Å². The Balaban J connectivity index is 1.84. The fourth-order valence-corrected chi connectivity index (χ4v) is 4.32. The molecule has 1 amide bonds. The molecule has 1 aromatic carbocycles. The number of carbonyl (C=O) groups is 2. The molecule has 1 aliphatic rings. The number of amides is 1. The van der Waals surface area contributed by atoms with E-state index in [0.29, 0.717) is 5.69 Å². The highest BCUT2D eigenvalue weighted by Gasteiger charge is 2.23. The number of esters is 1. The summed E-state index contributed by atoms with van der Waals surface area (Å²) in [4.78, 5) is 39.2. The van der Waals surface area contributed by atoms with Crippen LogP contribution in [0.3, 0.4) is 0 Å². The molecule has 33 heavy (non-hydrogen) atoms. The first-order chi connectivity index (χ1) is 15.9. The number of nitrogens with zero attached hydrogens (tertiary/aromatic N) is 3. The van der Waals surface area contributed by atoms with Gasteiger partial charge in [-0.25, -0.2) is 9.31 Å². The Bertz CT molecular complexity index is 1250. The van der Waals surface area contributed by atoms with Gasteiger partial charge in [-0.1, -0.05) is 31.7 Å². The van der Waals surface area contributed by atoms with E-state index in [4.69, 9.17) is 4.74 Å². The number of aryl methyl sites for hydroxylation is 2. The van der Waals surface area contributed by atoms with Crippen LogP contribution in [0.2, 0.25) is 0 Å². The van der Waals surface area contributed by atoms with Crippen molar-refractivity contribution in [1.82, 2.24) is 19.5 Å². The minimum atomic E-state index is -0.609. The van der Waals surface area contributed by atoms with Gasteiger partial charge in [0.2, 0.25) is 0 Å². The number of benzene rings is 1. The number of fused-ring (bicyclic) bond motifs is 1. The predicted octanol–water partition coefficient (Wildman–Crippen LogP) is 3.73. The molecule has 0 radical (unpaired) electrons. The van der Waals surface area contributed by atoms with E-state index in [1.165, 1.54) is 34.2 Å². The molecule has 1 aliphatic carbocycles. The number of rotatable bonds is 5. The van der Waals surface area contributed by atoms with Gasteiger partial charge in [-0.3, -0.25) is 14.2 Å². The molecule has 1 N–H and O–H groups in total. The van der Waals surface area contributed by atoms with Crippen molar-refractivity contribution < 1.29 is 14.3 Å². The zero-order valence-corrected chi connectivity index (χ0v) is 19.4. The van der Waals surface area contributed by atoms with Gasteiger partial charge in [0.25, 0.3) is 11.5 Å². The molecule has 174 valence electrons. The van der Waals surface area contributed by atoms with Crippen molar-refractivity contribution in [3.63, 3.8) is 0 Å². The second-order valence-corrected chi connectivity index (χ2v) is 8.67. The van der Waals surface area contributed by atoms with Gasteiger partial charge >= 0.3 is 5.97 Å². The van der Waals surface area contributed by atoms with Crippen LogP contribution >= 0.6 is 0 Å². The summed E-state index contributed by atoms with van der Waals surface area (Å²) in [7, 11) is 0. The molecule has 0 atom stereocenters. The second-order valence-electron chi connectivity index (χ2n) is 8.67. The SMILES string of the molecule is CCOC(=O)c1cc2c(=O)n(-c3ccc(C)c(C)c3)c(C(=O)NC3CCCCCC3)cn2n1. The Hall–Kier alpha value is -3.42. The summed E-state index contributed by atoms with van der Waals surface area (Å²) in [5.74, 6) is -0.935. The summed E-state index contributed by atoms with van der Waals surface area (Å²) >= 11 is 0. The molecule has 0 saturated heterocycles. The van der Waals surface area contributed by atoms with Crippen molar-refractivity contribution in [3.05, 3.63) is 63.3 Å². The average molecular weight is 451 g/mol. The van der Waals surface area contributed by atoms with Crippen LogP contribution in [-0.2, 0) is 4.74 Å². The van der Waals surface area contributed by atoms with Gasteiger partial charge in [0.15, 0.2) is 5.69 Å². The predicted molar refractivity (Wildman–Crippen MR) is 125 cm³/mol. The molecular weight excluding hydrogens is 420 g/mol. The van der Waals surface area contributed by atoms with Crippen LogP contribution in [0.1, 0.15) is 77.6 Å². The van der Waals surface area contributed by atoms with Gasteiger partial charge in [-0.15, -0.1) is 0 Å². The van der Waals surface area contributed by atoms with E-state index in [0.717, 1.165) is 36.8 Å². The minimum absolute atomic E-state index is 0.0295. The number of carbonyl (C=O) groups excluding carboxylic acids is 2. The number of nitrogens with one attached hydrogen (secondary N) is 1. The number of ether oxygens (including phenoxy) is 1. The molecule has 0 unspecified atom stereocenters. The normalized spacial score (nSPS) is 14.8. The minimum Gasteiger partial charge on any atom is -0.461 e. The highest BCUT2D eigenvalue weighted by Crippen LogP contribution is 2.19. The van der Waals surface area contributed by atoms with Crippen LogP contribution in [0.5, 0.6) is 0 Å². The van der Waals surface area contributed by atoms with Crippen molar-refractivity contribution in [3.8, 4) is 5.69 Å². The standard InChI is InChI=1S/C25H30N4O4/c1-4-33-25(32)20-14-21-24(31)29(19-12-11-16(2)17(3)13-19)22(15-28(21)27-20)23(30)26-18-9-7-5-6-8-10-18/h11-15,18H,4-10H2,1-3H3,(H,26,30). The molecule has 3 aromatic rings. The smallest absolute Gasteiger partial charge is 0.358 e. The topological polar surface area (TPSA) is 94.7 Å². The molecule has 2 aromatic heterocycles. The molecule has 2 heterocycles. The molecule has 8 heteroatoms. The molecule has 0 bridgehead atoms. The van der Waals surface area contributed by atoms with Gasteiger partial charge in [0, 0.05) is 17.8 Å². The van der Waals surface area contributed by atoms with Gasteiger partial charge in [-0.2, -0.15) is 5.10 Å². The van der Waals surface area contributed by atoms with Crippen molar-refractivity contribution in [1.29, 1.82) is 0 Å². The third-order valence-electron chi connectivity index (χ3n) is 6.30. The van der Waals surface area contributed by atoms with Crippen LogP contribution in [0.4, 0.5) is 0 Å². The average Bonchev–Trinajstić information content (AvgIpc) is 3.06. The summed E-state index contributed by atoms with van der Waals surface area (Å²) in [6, 6.07) is 7.12. The molecule has 1 saturated carbocycles. The van der Waals surface area contributed by atoms with E-state index >= 15 is 0 Å². The molecule has 1 fully saturated rings. The summed E-state index contributed by atoms with van der Waals surface area (Å²) in [6.07, 6.45) is 7.88. The van der Waals surface area contributed by atoms with Crippen LogP contribution < -0.4 is 10.9 Å². The Morgan fingerprint density at radius 3 is 2.48 bits per heavy atom. The Labute approximate surface area is 192 Å². The van der Waals surface area contributed by atoms with Crippen molar-refractivity contribution in [2.24, 2.45) is 0 Å². The third-order valence-corrected chi connectivity index (χ3v) is 6.30. The monoisotopic (exact) mass is 450 g/mol. The van der Waals surface area contributed by atoms with E-state index in [-0.39, 0.29) is 35.5 Å². The lowest BCUT2D eigenvalue weighted by Crippen LogP contribution is -2.38. The van der Waals surface area contributed by atoms with Crippen molar-refractivity contribution in [2.75, 3.05) is 6.61 Å². The molecular formula is C25H30N4O4. The number of hydrogen-bond donors (Lipinski definition) is 1. The molecule has 0 aliphatic heterocycles. The van der Waals surface area contributed by atoms with Crippen LogP contribution in [0, 0.1) is 13.8 Å². The Kier molecular flexibility index (Phi) is 6.62. The maximum atomic E-state index is 13.6. The maximum absolute atomic E-state index is 13.6. The highest BCUT2D eigenvalue weighted by atomic mass is 16.5. The van der Waals surface area contributed by atoms with Gasteiger partial charge < -0.3 is 10.1 Å². The Morgan fingerprint density at radius 2 is 1.82 bits per heavy atom.